The van der Waals surface area contributed by atoms with E-state index in [1.807, 2.05) is 0 Å². The Labute approximate surface area is 47.0 Å². The van der Waals surface area contributed by atoms with Crippen LogP contribution in [0.4, 0.5) is 0 Å². The van der Waals surface area contributed by atoms with Crippen LogP contribution in [-0.2, 0) is 4.79 Å². The second-order valence-corrected chi connectivity index (χ2v) is 1.71. The maximum absolute atomic E-state index is 10.3. The van der Waals surface area contributed by atoms with Crippen molar-refractivity contribution in [2.24, 2.45) is 0 Å². The minimum Gasteiger partial charge on any atom is -0.785 e. The summed E-state index contributed by atoms with van der Waals surface area (Å²) in [5.41, 5.74) is 0. The average molecular weight is 115 g/mol. The van der Waals surface area contributed by atoms with Crippen LogP contribution in [0.5, 0.6) is 0 Å². The van der Waals surface area contributed by atoms with Gasteiger partial charge in [-0.3, -0.25) is 4.79 Å². The summed E-state index contributed by atoms with van der Waals surface area (Å²) in [5, 5.41) is 13.6. The molecule has 0 aromatic rings. The van der Waals surface area contributed by atoms with Gasteiger partial charge in [0.05, 0.1) is 6.54 Å². The van der Waals surface area contributed by atoms with Crippen LogP contribution >= 0.6 is 0 Å². The molecule has 4 nitrogen and oxygen atoms in total. The minimum absolute atomic E-state index is 0.000000000000000222. The number of nitrogens with zero attached hydrogens (tertiary/aromatic N) is 1. The minimum atomic E-state index is -0.175. The monoisotopic (exact) mass is 115 g/mol. The van der Waals surface area contributed by atoms with Crippen molar-refractivity contribution < 1.29 is 4.79 Å². The maximum Gasteiger partial charge on any atom is 0.233 e. The largest absolute Gasteiger partial charge is 0.785 e. The third-order valence-corrected chi connectivity index (χ3v) is 1.00. The van der Waals surface area contributed by atoms with Crippen molar-refractivity contribution in [1.29, 1.82) is 0 Å². The number of piperazine rings is 1. The lowest BCUT2D eigenvalue weighted by Gasteiger charge is -2.31. The first-order valence-corrected chi connectivity index (χ1v) is 2.48. The molecule has 0 aromatic carbocycles. The van der Waals surface area contributed by atoms with Gasteiger partial charge in [-0.1, -0.05) is 0 Å². The Hall–Kier alpha value is -0.610. The summed E-state index contributed by atoms with van der Waals surface area (Å²) >= 11 is 0. The van der Waals surface area contributed by atoms with Gasteiger partial charge in [-0.2, -0.15) is 0 Å². The molecule has 1 aliphatic rings. The Morgan fingerprint density at radius 1 is 1.75 bits per heavy atom. The van der Waals surface area contributed by atoms with Crippen molar-refractivity contribution in [3.63, 3.8) is 0 Å². The van der Waals surface area contributed by atoms with E-state index in [2.05, 4.69) is 5.32 Å². The second kappa shape index (κ2) is 2.11. The summed E-state index contributed by atoms with van der Waals surface area (Å²) in [4.78, 5) is 10.3. The molecule has 0 aromatic heterocycles. The lowest BCUT2D eigenvalue weighted by Crippen LogP contribution is -2.44. The molecule has 0 aliphatic carbocycles. The standard InChI is InChI=1S/C4H7N2O2/c7-4-3-6(8)2-1-5-4/h1-3H2,(H,5,7)/q-1. The van der Waals surface area contributed by atoms with E-state index in [1.165, 1.54) is 0 Å². The summed E-state index contributed by atoms with van der Waals surface area (Å²) in [5.74, 6) is -0.175. The number of hydroxylamine groups is 2. The SMILES string of the molecule is O=C1CN([O-])CCN1. The smallest absolute Gasteiger partial charge is 0.233 e. The summed E-state index contributed by atoms with van der Waals surface area (Å²) in [6.45, 7) is 0.911. The number of amides is 1. The topological polar surface area (TPSA) is 55.4 Å². The Bertz CT molecular complexity index is 104. The van der Waals surface area contributed by atoms with Gasteiger partial charge in [0.15, 0.2) is 0 Å². The van der Waals surface area contributed by atoms with Crippen LogP contribution in [0.25, 0.3) is 0 Å². The fraction of sp³-hybridized carbons (Fsp3) is 0.750. The molecule has 0 spiro atoms. The van der Waals surface area contributed by atoms with E-state index in [-0.39, 0.29) is 12.5 Å². The number of nitrogens with one attached hydrogen (secondary N) is 1. The van der Waals surface area contributed by atoms with Crippen molar-refractivity contribution in [1.82, 2.24) is 10.4 Å². The normalized spacial score (nSPS) is 22.9. The van der Waals surface area contributed by atoms with Gasteiger partial charge in [-0.15, -0.1) is 0 Å². The molecule has 0 bridgehead atoms. The van der Waals surface area contributed by atoms with E-state index in [1.54, 1.807) is 0 Å². The average Bonchev–Trinajstić information content (AvgIpc) is 1.64. The molecule has 0 atom stereocenters. The quantitative estimate of drug-likeness (QED) is 0.436. The van der Waals surface area contributed by atoms with Gasteiger partial charge in [-0.25, -0.2) is 0 Å². The van der Waals surface area contributed by atoms with Crippen LogP contribution in [0.1, 0.15) is 0 Å². The molecular formula is C4H7N2O2-. The van der Waals surface area contributed by atoms with Crippen molar-refractivity contribution in [2.45, 2.75) is 0 Å². The van der Waals surface area contributed by atoms with Crippen LogP contribution < -0.4 is 5.32 Å². The fourth-order valence-corrected chi connectivity index (χ4v) is 0.615. The van der Waals surface area contributed by atoms with E-state index in [9.17, 15) is 10.0 Å². The Balaban J connectivity index is 2.34. The lowest BCUT2D eigenvalue weighted by molar-refractivity contribution is -0.123. The molecule has 0 radical (unpaired) electrons. The number of rotatable bonds is 0. The third-order valence-electron chi connectivity index (χ3n) is 1.00. The summed E-state index contributed by atoms with van der Waals surface area (Å²) < 4.78 is 0. The molecule has 1 saturated heterocycles. The maximum atomic E-state index is 10.3. The van der Waals surface area contributed by atoms with Gasteiger partial charge < -0.3 is 15.6 Å². The van der Waals surface area contributed by atoms with E-state index >= 15 is 0 Å². The van der Waals surface area contributed by atoms with Crippen LogP contribution in [0, 0.1) is 5.21 Å². The molecule has 1 rings (SSSR count). The molecule has 1 amide bonds. The zero-order valence-corrected chi connectivity index (χ0v) is 4.39. The highest BCUT2D eigenvalue weighted by atomic mass is 16.5. The molecule has 0 unspecified atom stereocenters. The first kappa shape index (κ1) is 5.53. The highest BCUT2D eigenvalue weighted by molar-refractivity contribution is 5.78. The van der Waals surface area contributed by atoms with Crippen LogP contribution in [0.15, 0.2) is 0 Å². The predicted molar refractivity (Wildman–Crippen MR) is 27.9 cm³/mol. The van der Waals surface area contributed by atoms with E-state index < -0.39 is 0 Å². The predicted octanol–water partition coefficient (Wildman–Crippen LogP) is -1.08. The Morgan fingerprint density at radius 2 is 2.50 bits per heavy atom. The van der Waals surface area contributed by atoms with Gasteiger partial charge in [0, 0.05) is 13.1 Å². The Morgan fingerprint density at radius 3 is 2.88 bits per heavy atom. The van der Waals surface area contributed by atoms with Crippen molar-refractivity contribution >= 4 is 5.91 Å². The highest BCUT2D eigenvalue weighted by Crippen LogP contribution is 1.86. The van der Waals surface area contributed by atoms with Gasteiger partial charge in [0.1, 0.15) is 0 Å². The van der Waals surface area contributed by atoms with Crippen molar-refractivity contribution in [3.8, 4) is 0 Å². The number of carbonyl (C=O) groups is 1. The van der Waals surface area contributed by atoms with E-state index in [4.69, 9.17) is 0 Å². The van der Waals surface area contributed by atoms with Crippen molar-refractivity contribution in [3.05, 3.63) is 5.21 Å². The van der Waals surface area contributed by atoms with Gasteiger partial charge in [0.2, 0.25) is 5.91 Å². The fourth-order valence-electron chi connectivity index (χ4n) is 0.615. The van der Waals surface area contributed by atoms with E-state index in [0.29, 0.717) is 13.1 Å². The van der Waals surface area contributed by atoms with Gasteiger partial charge >= 0.3 is 0 Å². The zero-order valence-electron chi connectivity index (χ0n) is 4.39. The molecule has 1 aliphatic heterocycles. The molecule has 4 heteroatoms. The molecule has 8 heavy (non-hydrogen) atoms. The molecule has 1 N–H and O–H groups in total. The molecule has 46 valence electrons. The molecular weight excluding hydrogens is 108 g/mol. The summed E-state index contributed by atoms with van der Waals surface area (Å²) in [7, 11) is 0. The molecule has 1 heterocycles. The Kier molecular flexibility index (Phi) is 1.45. The van der Waals surface area contributed by atoms with Gasteiger partial charge in [0.25, 0.3) is 0 Å². The van der Waals surface area contributed by atoms with Crippen LogP contribution in [0.2, 0.25) is 0 Å². The summed E-state index contributed by atoms with van der Waals surface area (Å²) in [6.07, 6.45) is 0. The van der Waals surface area contributed by atoms with Crippen LogP contribution in [-0.4, -0.2) is 30.6 Å². The van der Waals surface area contributed by atoms with Gasteiger partial charge in [-0.05, 0) is 0 Å². The third kappa shape index (κ3) is 1.18. The summed E-state index contributed by atoms with van der Waals surface area (Å²) in [6, 6.07) is 0. The zero-order chi connectivity index (χ0) is 5.98. The first-order chi connectivity index (χ1) is 3.79. The van der Waals surface area contributed by atoms with Crippen molar-refractivity contribution in [2.75, 3.05) is 19.6 Å². The number of hydrogen-bond donors (Lipinski definition) is 1. The first-order valence-electron chi connectivity index (χ1n) is 2.48. The number of hydrogen-bond acceptors (Lipinski definition) is 3. The van der Waals surface area contributed by atoms with E-state index in [0.717, 1.165) is 5.06 Å². The lowest BCUT2D eigenvalue weighted by atomic mass is 10.4. The second-order valence-electron chi connectivity index (χ2n) is 1.71. The number of carbonyl (C=O) groups excluding carboxylic acids is 1. The highest BCUT2D eigenvalue weighted by Gasteiger charge is 2.06. The molecule has 0 saturated carbocycles. The van der Waals surface area contributed by atoms with Crippen LogP contribution in [0.3, 0.4) is 0 Å². The molecule has 1 fully saturated rings.